The van der Waals surface area contributed by atoms with Gasteiger partial charge in [-0.3, -0.25) is 14.5 Å². The van der Waals surface area contributed by atoms with E-state index in [1.54, 1.807) is 6.92 Å². The van der Waals surface area contributed by atoms with E-state index in [1.807, 2.05) is 24.3 Å². The Morgan fingerprint density at radius 2 is 1.87 bits per heavy atom. The number of carbonyl (C=O) groups excluding carboxylic acids is 3. The molecule has 3 aliphatic rings. The van der Waals surface area contributed by atoms with Gasteiger partial charge < -0.3 is 10.6 Å². The lowest BCUT2D eigenvalue weighted by molar-refractivity contribution is -0.135. The Morgan fingerprint density at radius 1 is 1.19 bits per heavy atom. The molecule has 168 valence electrons. The van der Waals surface area contributed by atoms with E-state index in [-0.39, 0.29) is 29.8 Å². The summed E-state index contributed by atoms with van der Waals surface area (Å²) >= 11 is 0. The first-order chi connectivity index (χ1) is 14.5. The van der Waals surface area contributed by atoms with Crippen LogP contribution in [0.25, 0.3) is 0 Å². The third kappa shape index (κ3) is 3.97. The molecule has 0 radical (unpaired) electrons. The first-order valence-corrected chi connectivity index (χ1v) is 11.5. The Labute approximate surface area is 185 Å². The van der Waals surface area contributed by atoms with Gasteiger partial charge in [-0.05, 0) is 67.4 Å². The number of hydrogen-bond donors (Lipinski definition) is 2. The van der Waals surface area contributed by atoms with Crippen molar-refractivity contribution in [1.82, 2.24) is 15.5 Å². The van der Waals surface area contributed by atoms with Crippen molar-refractivity contribution in [3.8, 4) is 0 Å². The van der Waals surface area contributed by atoms with E-state index in [9.17, 15) is 14.4 Å². The Hall–Kier alpha value is -2.37. The van der Waals surface area contributed by atoms with E-state index in [0.29, 0.717) is 11.8 Å². The lowest BCUT2D eigenvalue weighted by Gasteiger charge is -2.29. The molecule has 2 N–H and O–H groups in total. The third-order valence-electron chi connectivity index (χ3n) is 7.73. The largest absolute Gasteiger partial charge is 0.352 e. The second-order valence-electron chi connectivity index (χ2n) is 11.0. The number of rotatable bonds is 5. The first kappa shape index (κ1) is 21.8. The zero-order valence-corrected chi connectivity index (χ0v) is 19.3. The van der Waals surface area contributed by atoms with Crippen molar-refractivity contribution in [1.29, 1.82) is 0 Å². The smallest absolute Gasteiger partial charge is 0.325 e. The highest BCUT2D eigenvalue weighted by atomic mass is 16.2. The second-order valence-corrected chi connectivity index (χ2v) is 11.0. The van der Waals surface area contributed by atoms with Crippen LogP contribution in [0.3, 0.4) is 0 Å². The molecular weight excluding hydrogens is 390 g/mol. The molecule has 0 spiro atoms. The predicted octanol–water partition coefficient (Wildman–Crippen LogP) is 3.69. The highest BCUT2D eigenvalue weighted by Gasteiger charge is 2.50. The molecular formula is C25H35N3O3. The molecule has 5 unspecified atom stereocenters. The average Bonchev–Trinajstić information content (AvgIpc) is 3.39. The standard InChI is InChI=1S/C25H35N3O3/c1-15(20-13-16-6-7-17(20)12-16)26-21(29)14-28-22(30)25(5,27-23(28)31)19-10-8-18(9-11-19)24(2,3)4/h8-11,15-17,20H,6-7,12-14H2,1-5H3,(H,26,29)(H,27,31). The van der Waals surface area contributed by atoms with Gasteiger partial charge in [0.15, 0.2) is 0 Å². The summed E-state index contributed by atoms with van der Waals surface area (Å²) in [5.41, 5.74) is 0.714. The summed E-state index contributed by atoms with van der Waals surface area (Å²) in [4.78, 5) is 39.5. The molecule has 2 bridgehead atoms. The number of nitrogens with zero attached hydrogens (tertiary/aromatic N) is 1. The normalized spacial score (nSPS) is 31.1. The summed E-state index contributed by atoms with van der Waals surface area (Å²) in [6.45, 7) is 9.90. The van der Waals surface area contributed by atoms with Gasteiger partial charge >= 0.3 is 6.03 Å². The first-order valence-electron chi connectivity index (χ1n) is 11.5. The van der Waals surface area contributed by atoms with Crippen LogP contribution in [0.2, 0.25) is 0 Å². The quantitative estimate of drug-likeness (QED) is 0.706. The summed E-state index contributed by atoms with van der Waals surface area (Å²) < 4.78 is 0. The third-order valence-corrected chi connectivity index (χ3v) is 7.73. The fourth-order valence-electron chi connectivity index (χ4n) is 5.80. The van der Waals surface area contributed by atoms with Gasteiger partial charge in [-0.1, -0.05) is 51.5 Å². The van der Waals surface area contributed by atoms with Crippen molar-refractivity contribution in [2.45, 2.75) is 77.3 Å². The molecule has 6 nitrogen and oxygen atoms in total. The number of benzene rings is 1. The Morgan fingerprint density at radius 3 is 2.42 bits per heavy atom. The van der Waals surface area contributed by atoms with Crippen LogP contribution in [0, 0.1) is 17.8 Å². The monoisotopic (exact) mass is 425 g/mol. The summed E-state index contributed by atoms with van der Waals surface area (Å²) in [5, 5.41) is 5.85. The summed E-state index contributed by atoms with van der Waals surface area (Å²) in [7, 11) is 0. The minimum Gasteiger partial charge on any atom is -0.352 e. The van der Waals surface area contributed by atoms with Crippen molar-refractivity contribution in [3.05, 3.63) is 35.4 Å². The molecule has 1 saturated heterocycles. The number of hydrogen-bond acceptors (Lipinski definition) is 3. The van der Waals surface area contributed by atoms with Crippen LogP contribution < -0.4 is 10.6 Å². The molecule has 2 aliphatic carbocycles. The maximum Gasteiger partial charge on any atom is 0.325 e. The van der Waals surface area contributed by atoms with E-state index in [0.717, 1.165) is 21.9 Å². The Kier molecular flexibility index (Phi) is 5.39. The zero-order valence-electron chi connectivity index (χ0n) is 19.3. The van der Waals surface area contributed by atoms with Crippen molar-refractivity contribution in [3.63, 3.8) is 0 Å². The highest BCUT2D eigenvalue weighted by molar-refractivity contribution is 6.09. The summed E-state index contributed by atoms with van der Waals surface area (Å²) in [6, 6.07) is 7.31. The summed E-state index contributed by atoms with van der Waals surface area (Å²) in [6.07, 6.45) is 5.04. The fourth-order valence-corrected chi connectivity index (χ4v) is 5.80. The fraction of sp³-hybridized carbons (Fsp3) is 0.640. The molecule has 4 amide bonds. The molecule has 0 aromatic heterocycles. The average molecular weight is 426 g/mol. The Balaban J connectivity index is 1.41. The molecule has 1 aromatic rings. The van der Waals surface area contributed by atoms with Gasteiger partial charge in [0.25, 0.3) is 5.91 Å². The zero-order chi connectivity index (χ0) is 22.6. The molecule has 2 saturated carbocycles. The highest BCUT2D eigenvalue weighted by Crippen LogP contribution is 2.49. The van der Waals surface area contributed by atoms with E-state index in [4.69, 9.17) is 0 Å². The molecule has 1 aliphatic heterocycles. The van der Waals surface area contributed by atoms with E-state index in [1.165, 1.54) is 25.7 Å². The van der Waals surface area contributed by atoms with Gasteiger partial charge in [0, 0.05) is 6.04 Å². The molecule has 31 heavy (non-hydrogen) atoms. The number of nitrogens with one attached hydrogen (secondary N) is 2. The van der Waals surface area contributed by atoms with Gasteiger partial charge in [-0.15, -0.1) is 0 Å². The van der Waals surface area contributed by atoms with Gasteiger partial charge in [0.1, 0.15) is 12.1 Å². The maximum absolute atomic E-state index is 13.2. The molecule has 1 heterocycles. The number of imide groups is 1. The predicted molar refractivity (Wildman–Crippen MR) is 119 cm³/mol. The van der Waals surface area contributed by atoms with Crippen LogP contribution in [-0.4, -0.2) is 35.3 Å². The van der Waals surface area contributed by atoms with Crippen LogP contribution in [0.15, 0.2) is 24.3 Å². The van der Waals surface area contributed by atoms with Gasteiger partial charge in [-0.25, -0.2) is 4.79 Å². The molecule has 4 rings (SSSR count). The number of amides is 4. The van der Waals surface area contributed by atoms with Crippen LogP contribution in [0.1, 0.15) is 71.4 Å². The molecule has 5 atom stereocenters. The topological polar surface area (TPSA) is 78.5 Å². The minimum absolute atomic E-state index is 0.00199. The number of carbonyl (C=O) groups is 3. The van der Waals surface area contributed by atoms with Gasteiger partial charge in [-0.2, -0.15) is 0 Å². The van der Waals surface area contributed by atoms with Crippen molar-refractivity contribution < 1.29 is 14.4 Å². The van der Waals surface area contributed by atoms with Crippen LogP contribution in [0.4, 0.5) is 4.79 Å². The number of fused-ring (bicyclic) bond motifs is 2. The van der Waals surface area contributed by atoms with Crippen molar-refractivity contribution >= 4 is 17.8 Å². The molecule has 3 fully saturated rings. The number of urea groups is 1. The van der Waals surface area contributed by atoms with Gasteiger partial charge in [0.05, 0.1) is 0 Å². The van der Waals surface area contributed by atoms with Crippen LogP contribution in [0.5, 0.6) is 0 Å². The van der Waals surface area contributed by atoms with Crippen molar-refractivity contribution in [2.75, 3.05) is 6.54 Å². The summed E-state index contributed by atoms with van der Waals surface area (Å²) in [5.74, 6) is 1.37. The van der Waals surface area contributed by atoms with E-state index in [2.05, 4.69) is 38.3 Å². The minimum atomic E-state index is -1.16. The van der Waals surface area contributed by atoms with Gasteiger partial charge in [0.2, 0.25) is 5.91 Å². The molecule has 6 heteroatoms. The maximum atomic E-state index is 13.2. The van der Waals surface area contributed by atoms with Crippen LogP contribution in [-0.2, 0) is 20.5 Å². The lowest BCUT2D eigenvalue weighted by atomic mass is 9.84. The second kappa shape index (κ2) is 7.64. The SMILES string of the molecule is CC(NC(=O)CN1C(=O)NC(C)(c2ccc(C(C)(C)C)cc2)C1=O)C1CC2CCC1C2. The van der Waals surface area contributed by atoms with E-state index < -0.39 is 11.6 Å². The van der Waals surface area contributed by atoms with Crippen molar-refractivity contribution in [2.24, 2.45) is 17.8 Å². The Bertz CT molecular complexity index is 888. The lowest BCUT2D eigenvalue weighted by Crippen LogP contribution is -2.47. The van der Waals surface area contributed by atoms with Crippen LogP contribution >= 0.6 is 0 Å². The van der Waals surface area contributed by atoms with E-state index >= 15 is 0 Å². The molecule has 1 aromatic carbocycles.